The van der Waals surface area contributed by atoms with Crippen LogP contribution in [-0.4, -0.2) is 75.8 Å². The molecular formula is C30H40N6O. The first-order chi connectivity index (χ1) is 17.9. The molecule has 1 aliphatic carbocycles. The molecule has 6 rings (SSSR count). The van der Waals surface area contributed by atoms with Crippen LogP contribution in [0.25, 0.3) is 27.8 Å². The summed E-state index contributed by atoms with van der Waals surface area (Å²) in [5, 5.41) is 5.71. The van der Waals surface area contributed by atoms with Crippen molar-refractivity contribution in [1.29, 1.82) is 0 Å². The van der Waals surface area contributed by atoms with Gasteiger partial charge in [0.25, 0.3) is 0 Å². The van der Waals surface area contributed by atoms with Crippen molar-refractivity contribution >= 4 is 16.6 Å². The van der Waals surface area contributed by atoms with E-state index >= 15 is 0 Å². The van der Waals surface area contributed by atoms with Crippen LogP contribution in [0.2, 0.25) is 0 Å². The molecule has 4 heterocycles. The SMILES string of the molecule is COc1cc(-c2[nH]c3ccc(C4CCC(N5CC[C@H](N(C)C)C5)CC4)cc3c2C(C)C)cn2ncnc12. The van der Waals surface area contributed by atoms with Crippen LogP contribution in [0.4, 0.5) is 0 Å². The number of likely N-dealkylation sites (N-methyl/N-ethyl adjacent to an activating group) is 1. The molecule has 7 heteroatoms. The average Bonchev–Trinajstić information content (AvgIpc) is 3.65. The van der Waals surface area contributed by atoms with Crippen LogP contribution in [0.1, 0.15) is 68.9 Å². The fraction of sp³-hybridized carbons (Fsp3) is 0.533. The lowest BCUT2D eigenvalue weighted by Crippen LogP contribution is -2.38. The second-order valence-corrected chi connectivity index (χ2v) is 11.6. The molecule has 1 saturated heterocycles. The van der Waals surface area contributed by atoms with E-state index in [4.69, 9.17) is 4.74 Å². The van der Waals surface area contributed by atoms with Gasteiger partial charge in [-0.2, -0.15) is 5.10 Å². The van der Waals surface area contributed by atoms with Gasteiger partial charge in [0.05, 0.1) is 12.8 Å². The van der Waals surface area contributed by atoms with Gasteiger partial charge in [0.2, 0.25) is 0 Å². The predicted molar refractivity (Wildman–Crippen MR) is 150 cm³/mol. The van der Waals surface area contributed by atoms with Crippen molar-refractivity contribution in [2.24, 2.45) is 0 Å². The van der Waals surface area contributed by atoms with Gasteiger partial charge in [0, 0.05) is 47.8 Å². The quantitative estimate of drug-likeness (QED) is 0.370. The minimum absolute atomic E-state index is 0.381. The maximum Gasteiger partial charge on any atom is 0.197 e. The van der Waals surface area contributed by atoms with E-state index in [1.807, 2.05) is 6.20 Å². The zero-order valence-corrected chi connectivity index (χ0v) is 22.9. The van der Waals surface area contributed by atoms with Crippen LogP contribution in [-0.2, 0) is 0 Å². The molecule has 1 aliphatic heterocycles. The van der Waals surface area contributed by atoms with Crippen molar-refractivity contribution in [1.82, 2.24) is 29.4 Å². The highest BCUT2D eigenvalue weighted by Gasteiger charge is 2.32. The van der Waals surface area contributed by atoms with E-state index in [0.717, 1.165) is 34.7 Å². The summed E-state index contributed by atoms with van der Waals surface area (Å²) in [6.45, 7) is 7.07. The third kappa shape index (κ3) is 4.42. The van der Waals surface area contributed by atoms with Gasteiger partial charge >= 0.3 is 0 Å². The lowest BCUT2D eigenvalue weighted by Gasteiger charge is -2.35. The number of ether oxygens (including phenoxy) is 1. The minimum atomic E-state index is 0.381. The Kier molecular flexibility index (Phi) is 6.45. The summed E-state index contributed by atoms with van der Waals surface area (Å²) in [5.41, 5.74) is 7.00. The van der Waals surface area contributed by atoms with Gasteiger partial charge in [-0.05, 0) is 87.4 Å². The molecule has 2 fully saturated rings. The number of H-pyrrole nitrogens is 1. The number of rotatable bonds is 6. The highest BCUT2D eigenvalue weighted by atomic mass is 16.5. The fourth-order valence-electron chi connectivity index (χ4n) is 6.79. The van der Waals surface area contributed by atoms with Gasteiger partial charge < -0.3 is 14.6 Å². The third-order valence-corrected chi connectivity index (χ3v) is 8.90. The molecule has 0 unspecified atom stereocenters. The molecule has 2 aliphatic rings. The van der Waals surface area contributed by atoms with Crippen molar-refractivity contribution in [2.75, 3.05) is 34.3 Å². The van der Waals surface area contributed by atoms with E-state index in [9.17, 15) is 0 Å². The van der Waals surface area contributed by atoms with Gasteiger partial charge in [0.1, 0.15) is 6.33 Å². The smallest absolute Gasteiger partial charge is 0.197 e. The average molecular weight is 501 g/mol. The Bertz CT molecular complexity index is 1390. The van der Waals surface area contributed by atoms with Gasteiger partial charge in [-0.3, -0.25) is 4.90 Å². The fourth-order valence-corrected chi connectivity index (χ4v) is 6.79. The van der Waals surface area contributed by atoms with Crippen molar-refractivity contribution in [3.05, 3.63) is 47.9 Å². The highest BCUT2D eigenvalue weighted by molar-refractivity contribution is 5.92. The minimum Gasteiger partial charge on any atom is -0.493 e. The third-order valence-electron chi connectivity index (χ3n) is 8.90. The Hall–Kier alpha value is -2.90. The van der Waals surface area contributed by atoms with E-state index < -0.39 is 0 Å². The zero-order chi connectivity index (χ0) is 25.7. The normalized spacial score (nSPS) is 23.2. The van der Waals surface area contributed by atoms with Crippen molar-refractivity contribution in [3.63, 3.8) is 0 Å². The molecule has 0 spiro atoms. The van der Waals surface area contributed by atoms with E-state index in [-0.39, 0.29) is 0 Å². The monoisotopic (exact) mass is 500 g/mol. The summed E-state index contributed by atoms with van der Waals surface area (Å²) in [5.74, 6) is 1.76. The predicted octanol–water partition coefficient (Wildman–Crippen LogP) is 5.67. The standard InChI is InChI=1S/C30H40N6O/c1-19(2)28-25-14-21(20-6-9-23(10-7-20)35-13-12-24(17-35)34(3)4)8-11-26(25)33-29(28)22-15-27(37-5)30-31-18-32-36(30)16-22/h8,11,14-16,18-20,23-24,33H,6-7,9-10,12-13,17H2,1-5H3/t20?,23?,24-/m0/s1. The number of hydrogen-bond donors (Lipinski definition) is 1. The van der Waals surface area contributed by atoms with Gasteiger partial charge in [-0.15, -0.1) is 0 Å². The Morgan fingerprint density at radius 1 is 1.08 bits per heavy atom. The summed E-state index contributed by atoms with van der Waals surface area (Å²) in [7, 11) is 6.14. The molecular weight excluding hydrogens is 460 g/mol. The first-order valence-electron chi connectivity index (χ1n) is 13.9. The molecule has 37 heavy (non-hydrogen) atoms. The van der Waals surface area contributed by atoms with Crippen molar-refractivity contribution < 1.29 is 4.74 Å². The van der Waals surface area contributed by atoms with Crippen LogP contribution < -0.4 is 4.74 Å². The number of pyridine rings is 1. The Labute approximate surface area is 219 Å². The molecule has 196 valence electrons. The topological polar surface area (TPSA) is 61.7 Å². The van der Waals surface area contributed by atoms with Gasteiger partial charge in [-0.1, -0.05) is 19.9 Å². The van der Waals surface area contributed by atoms with E-state index in [0.29, 0.717) is 11.8 Å². The molecule has 1 N–H and O–H groups in total. The first kappa shape index (κ1) is 24.4. The number of nitrogens with zero attached hydrogens (tertiary/aromatic N) is 5. The van der Waals surface area contributed by atoms with Gasteiger partial charge in [0.15, 0.2) is 11.4 Å². The number of benzene rings is 1. The highest BCUT2D eigenvalue weighted by Crippen LogP contribution is 2.41. The number of nitrogens with one attached hydrogen (secondary N) is 1. The van der Waals surface area contributed by atoms with Crippen molar-refractivity contribution in [3.8, 4) is 17.0 Å². The van der Waals surface area contributed by atoms with E-state index in [1.165, 1.54) is 67.2 Å². The molecule has 1 saturated carbocycles. The first-order valence-corrected chi connectivity index (χ1v) is 13.9. The number of hydrogen-bond acceptors (Lipinski definition) is 5. The number of aromatic amines is 1. The summed E-state index contributed by atoms with van der Waals surface area (Å²) in [6, 6.07) is 10.7. The molecule has 0 bridgehead atoms. The molecule has 7 nitrogen and oxygen atoms in total. The Morgan fingerprint density at radius 3 is 2.59 bits per heavy atom. The van der Waals surface area contributed by atoms with Crippen molar-refractivity contribution in [2.45, 2.75) is 69.9 Å². The second kappa shape index (κ2) is 9.76. The lowest BCUT2D eigenvalue weighted by molar-refractivity contribution is 0.168. The number of fused-ring (bicyclic) bond motifs is 2. The summed E-state index contributed by atoms with van der Waals surface area (Å²) < 4.78 is 7.44. The van der Waals surface area contributed by atoms with Crippen LogP contribution in [0.15, 0.2) is 36.8 Å². The Morgan fingerprint density at radius 2 is 1.89 bits per heavy atom. The molecule has 4 aromatic rings. The Balaban J connectivity index is 1.27. The van der Waals surface area contributed by atoms with Crippen LogP contribution in [0.5, 0.6) is 5.75 Å². The number of likely N-dealkylation sites (tertiary alicyclic amines) is 1. The maximum absolute atomic E-state index is 5.64. The summed E-state index contributed by atoms with van der Waals surface area (Å²) in [4.78, 5) is 13.2. The zero-order valence-electron chi connectivity index (χ0n) is 22.9. The van der Waals surface area contributed by atoms with Crippen LogP contribution in [0.3, 0.4) is 0 Å². The lowest BCUT2D eigenvalue weighted by atomic mass is 9.80. The van der Waals surface area contributed by atoms with Crippen LogP contribution >= 0.6 is 0 Å². The van der Waals surface area contributed by atoms with Gasteiger partial charge in [-0.25, -0.2) is 9.50 Å². The molecule has 1 atom stereocenters. The molecule has 0 amide bonds. The second-order valence-electron chi connectivity index (χ2n) is 11.6. The summed E-state index contributed by atoms with van der Waals surface area (Å²) in [6.07, 6.45) is 10.1. The summed E-state index contributed by atoms with van der Waals surface area (Å²) >= 11 is 0. The molecule has 3 aromatic heterocycles. The van der Waals surface area contributed by atoms with E-state index in [1.54, 1.807) is 18.0 Å². The molecule has 0 radical (unpaired) electrons. The maximum atomic E-state index is 5.64. The van der Waals surface area contributed by atoms with E-state index in [2.05, 4.69) is 77.1 Å². The van der Waals surface area contributed by atoms with Crippen LogP contribution in [0, 0.1) is 0 Å². The number of methoxy groups -OCH3 is 1. The number of aromatic nitrogens is 4. The molecule has 1 aromatic carbocycles. The largest absolute Gasteiger partial charge is 0.493 e.